The molecule has 0 aliphatic carbocycles. The van der Waals surface area contributed by atoms with E-state index in [2.05, 4.69) is 26.3 Å². The van der Waals surface area contributed by atoms with Crippen LogP contribution in [0.3, 0.4) is 0 Å². The van der Waals surface area contributed by atoms with E-state index in [0.717, 1.165) is 69.9 Å². The Morgan fingerprint density at radius 3 is 2.28 bits per heavy atom. The molecule has 2 aromatic carbocycles. The number of aromatic nitrogens is 2. The van der Waals surface area contributed by atoms with Crippen molar-refractivity contribution in [3.05, 3.63) is 71.0 Å². The summed E-state index contributed by atoms with van der Waals surface area (Å²) in [6, 6.07) is 11.2. The lowest BCUT2D eigenvalue weighted by Gasteiger charge is -2.41. The number of ether oxygens (including phenoxy) is 1. The van der Waals surface area contributed by atoms with Crippen LogP contribution in [0.2, 0.25) is 0 Å². The maximum atomic E-state index is 13.0. The van der Waals surface area contributed by atoms with Crippen molar-refractivity contribution in [3.8, 4) is 5.69 Å². The van der Waals surface area contributed by atoms with Gasteiger partial charge < -0.3 is 20.4 Å². The minimum Gasteiger partial charge on any atom is -0.412 e. The van der Waals surface area contributed by atoms with Crippen LogP contribution >= 0.6 is 0 Å². The first-order valence-electron chi connectivity index (χ1n) is 12.9. The van der Waals surface area contributed by atoms with Crippen LogP contribution in [-0.4, -0.2) is 71.5 Å². The van der Waals surface area contributed by atoms with Crippen molar-refractivity contribution in [2.24, 2.45) is 0 Å². The molecule has 3 heterocycles. The molecule has 0 bridgehead atoms. The molecular weight excluding hydrogens is 511 g/mol. The molecule has 0 unspecified atom stereocenters. The van der Waals surface area contributed by atoms with Gasteiger partial charge in [-0.05, 0) is 74.7 Å². The summed E-state index contributed by atoms with van der Waals surface area (Å²) < 4.78 is 45.6. The summed E-state index contributed by atoms with van der Waals surface area (Å²) in [5, 5.41) is 7.17. The highest BCUT2D eigenvalue weighted by atomic mass is 19.4. The van der Waals surface area contributed by atoms with Crippen molar-refractivity contribution < 1.29 is 28.2 Å². The van der Waals surface area contributed by atoms with E-state index in [1.54, 1.807) is 6.92 Å². The number of hydrogen-bond acceptors (Lipinski definition) is 5. The lowest BCUT2D eigenvalue weighted by Crippen LogP contribution is -2.49. The number of morpholine rings is 1. The third-order valence-electron chi connectivity index (χ3n) is 7.52. The second-order valence-electron chi connectivity index (χ2n) is 9.92. The second-order valence-corrected chi connectivity index (χ2v) is 9.92. The first kappa shape index (κ1) is 28.6. The lowest BCUT2D eigenvalue weighted by molar-refractivity contribution is -0.137. The minimum absolute atomic E-state index is 0. The first-order valence-corrected chi connectivity index (χ1v) is 12.9. The molecule has 1 aromatic heterocycles. The number of halogens is 3. The molecule has 5 rings (SSSR count). The summed E-state index contributed by atoms with van der Waals surface area (Å²) in [5.74, 6) is -0.320. The van der Waals surface area contributed by atoms with E-state index >= 15 is 0 Å². The number of nitrogens with zero attached hydrogens (tertiary/aromatic N) is 4. The van der Waals surface area contributed by atoms with Gasteiger partial charge >= 0.3 is 6.18 Å². The summed E-state index contributed by atoms with van der Waals surface area (Å²) in [5.41, 5.74) is 3.56. The number of benzene rings is 2. The van der Waals surface area contributed by atoms with Crippen LogP contribution < -0.4 is 10.2 Å². The molecular formula is C28H34F3N5O3. The summed E-state index contributed by atoms with van der Waals surface area (Å²) >= 11 is 0. The number of rotatable bonds is 5. The van der Waals surface area contributed by atoms with Gasteiger partial charge in [0.2, 0.25) is 0 Å². The first-order chi connectivity index (χ1) is 18.2. The summed E-state index contributed by atoms with van der Waals surface area (Å²) in [6.07, 6.45) is -0.724. The molecule has 2 saturated heterocycles. The number of carbonyl (C=O) groups is 1. The summed E-state index contributed by atoms with van der Waals surface area (Å²) in [7, 11) is 0. The molecule has 0 radical (unpaired) electrons. The number of aryl methyl sites for hydroxylation is 1. The number of hydrogen-bond donors (Lipinski definition) is 1. The zero-order chi connectivity index (χ0) is 26.9. The molecule has 0 spiro atoms. The van der Waals surface area contributed by atoms with E-state index in [9.17, 15) is 18.0 Å². The number of piperidine rings is 1. The van der Waals surface area contributed by atoms with Crippen molar-refractivity contribution in [2.45, 2.75) is 38.9 Å². The molecule has 3 N–H and O–H groups in total. The van der Waals surface area contributed by atoms with Gasteiger partial charge in [0.25, 0.3) is 5.91 Å². The third-order valence-corrected chi connectivity index (χ3v) is 7.52. The maximum absolute atomic E-state index is 13.0. The zero-order valence-corrected chi connectivity index (χ0v) is 22.1. The van der Waals surface area contributed by atoms with Gasteiger partial charge in [0.05, 0.1) is 41.9 Å². The molecule has 2 fully saturated rings. The van der Waals surface area contributed by atoms with Crippen LogP contribution in [0.1, 0.15) is 40.0 Å². The second kappa shape index (κ2) is 11.8. The van der Waals surface area contributed by atoms with Gasteiger partial charge in [-0.3, -0.25) is 9.69 Å². The Bertz CT molecular complexity index is 1280. The van der Waals surface area contributed by atoms with E-state index in [-0.39, 0.29) is 11.4 Å². The van der Waals surface area contributed by atoms with Crippen molar-refractivity contribution >= 4 is 17.3 Å². The minimum atomic E-state index is -4.41. The third kappa shape index (κ3) is 6.26. The Kier molecular flexibility index (Phi) is 8.63. The Hall–Kier alpha value is -3.41. The predicted molar refractivity (Wildman–Crippen MR) is 144 cm³/mol. The number of anilines is 2. The van der Waals surface area contributed by atoms with Crippen LogP contribution in [-0.2, 0) is 10.9 Å². The number of nitrogens with one attached hydrogen (secondary N) is 1. The molecule has 8 nitrogen and oxygen atoms in total. The molecule has 3 aromatic rings. The van der Waals surface area contributed by atoms with E-state index in [1.807, 2.05) is 19.1 Å². The van der Waals surface area contributed by atoms with Gasteiger partial charge in [0.1, 0.15) is 0 Å². The van der Waals surface area contributed by atoms with Crippen LogP contribution in [0.5, 0.6) is 0 Å². The fourth-order valence-electron chi connectivity index (χ4n) is 5.39. The van der Waals surface area contributed by atoms with Gasteiger partial charge in [-0.15, -0.1) is 0 Å². The van der Waals surface area contributed by atoms with Gasteiger partial charge in [-0.2, -0.15) is 18.3 Å². The van der Waals surface area contributed by atoms with Gasteiger partial charge in [0, 0.05) is 43.6 Å². The van der Waals surface area contributed by atoms with E-state index in [0.29, 0.717) is 28.7 Å². The SMILES string of the molecule is Cc1cc(NC(=O)c2cnn(-c3ccc(C(F)(F)F)cc3)c2C)ccc1N1CCC(N2CCOCC2)CC1.O. The number of amides is 1. The van der Waals surface area contributed by atoms with E-state index < -0.39 is 11.7 Å². The average molecular weight is 546 g/mol. The van der Waals surface area contributed by atoms with Crippen LogP contribution in [0, 0.1) is 13.8 Å². The molecule has 1 amide bonds. The smallest absolute Gasteiger partial charge is 0.412 e. The fraction of sp³-hybridized carbons (Fsp3) is 0.429. The molecule has 2 aliphatic heterocycles. The fourth-order valence-corrected chi connectivity index (χ4v) is 5.39. The highest BCUT2D eigenvalue weighted by Gasteiger charge is 2.30. The standard InChI is InChI=1S/C28H32F3N5O2.H2O/c1-19-17-22(5-8-26(19)35-11-9-23(10-12-35)34-13-15-38-16-14-34)33-27(37)25-18-32-36(20(25)2)24-6-3-21(4-7-24)28(29,30)31;/h3-8,17-18,23H,9-16H2,1-2H3,(H,33,37);1H2. The summed E-state index contributed by atoms with van der Waals surface area (Å²) in [6.45, 7) is 9.43. The van der Waals surface area contributed by atoms with Gasteiger partial charge in [0.15, 0.2) is 0 Å². The van der Waals surface area contributed by atoms with E-state index in [1.165, 1.54) is 28.7 Å². The average Bonchev–Trinajstić information content (AvgIpc) is 3.30. The Morgan fingerprint density at radius 1 is 1.00 bits per heavy atom. The number of carbonyl (C=O) groups excluding carboxylic acids is 1. The van der Waals surface area contributed by atoms with E-state index in [4.69, 9.17) is 4.74 Å². The quantitative estimate of drug-likeness (QED) is 0.518. The topological polar surface area (TPSA) is 94.1 Å². The van der Waals surface area contributed by atoms with Gasteiger partial charge in [-0.25, -0.2) is 4.68 Å². The number of alkyl halides is 3. The lowest BCUT2D eigenvalue weighted by atomic mass is 10.0. The molecule has 11 heteroatoms. The van der Waals surface area contributed by atoms with Crippen LogP contribution in [0.15, 0.2) is 48.7 Å². The van der Waals surface area contributed by atoms with Crippen molar-refractivity contribution in [2.75, 3.05) is 49.6 Å². The van der Waals surface area contributed by atoms with Crippen LogP contribution in [0.4, 0.5) is 24.5 Å². The molecule has 2 aliphatic rings. The monoisotopic (exact) mass is 545 g/mol. The maximum Gasteiger partial charge on any atom is 0.416 e. The van der Waals surface area contributed by atoms with Crippen LogP contribution in [0.25, 0.3) is 5.69 Å². The molecule has 0 atom stereocenters. The molecule has 210 valence electrons. The predicted octanol–water partition coefficient (Wildman–Crippen LogP) is 4.24. The van der Waals surface area contributed by atoms with Gasteiger partial charge in [-0.1, -0.05) is 0 Å². The largest absolute Gasteiger partial charge is 0.416 e. The molecule has 39 heavy (non-hydrogen) atoms. The Labute approximate surface area is 225 Å². The van der Waals surface area contributed by atoms with Crippen molar-refractivity contribution in [3.63, 3.8) is 0 Å². The Balaban J connectivity index is 0.00000353. The highest BCUT2D eigenvalue weighted by Crippen LogP contribution is 2.30. The molecule has 0 saturated carbocycles. The zero-order valence-electron chi connectivity index (χ0n) is 22.1. The Morgan fingerprint density at radius 2 is 1.67 bits per heavy atom. The normalized spacial score (nSPS) is 17.1. The highest BCUT2D eigenvalue weighted by molar-refractivity contribution is 6.05. The summed E-state index contributed by atoms with van der Waals surface area (Å²) in [4.78, 5) is 18.0. The van der Waals surface area contributed by atoms with Crippen molar-refractivity contribution in [1.29, 1.82) is 0 Å². The van der Waals surface area contributed by atoms with Crippen molar-refractivity contribution in [1.82, 2.24) is 14.7 Å².